The quantitative estimate of drug-likeness (QED) is 0.644. The monoisotopic (exact) mass is 451 g/mol. The van der Waals surface area contributed by atoms with Crippen LogP contribution in [0.4, 0.5) is 5.82 Å². The summed E-state index contributed by atoms with van der Waals surface area (Å²) in [6, 6.07) is 11.7. The van der Waals surface area contributed by atoms with Crippen LogP contribution in [0.15, 0.2) is 36.4 Å². The van der Waals surface area contributed by atoms with Crippen LogP contribution >= 0.6 is 0 Å². The summed E-state index contributed by atoms with van der Waals surface area (Å²) in [6.07, 6.45) is 3.01. The molecule has 0 spiro atoms. The van der Waals surface area contributed by atoms with Crippen molar-refractivity contribution in [2.24, 2.45) is 5.92 Å². The number of anilines is 1. The number of carbonyl (C=O) groups excluding carboxylic acids is 2. The van der Waals surface area contributed by atoms with E-state index in [2.05, 4.69) is 15.1 Å². The highest BCUT2D eigenvalue weighted by atomic mass is 16.5. The summed E-state index contributed by atoms with van der Waals surface area (Å²) in [7, 11) is 1.64. The first kappa shape index (κ1) is 23.0. The lowest BCUT2D eigenvalue weighted by Crippen LogP contribution is -2.53. The topological polar surface area (TPSA) is 78.9 Å². The molecule has 2 amide bonds. The van der Waals surface area contributed by atoms with E-state index in [1.165, 1.54) is 0 Å². The van der Waals surface area contributed by atoms with Crippen molar-refractivity contribution >= 4 is 17.6 Å². The van der Waals surface area contributed by atoms with E-state index >= 15 is 0 Å². The zero-order valence-electron chi connectivity index (χ0n) is 19.7. The van der Waals surface area contributed by atoms with Gasteiger partial charge in [-0.05, 0) is 51.0 Å². The lowest BCUT2D eigenvalue weighted by atomic mass is 9.84. The number of hydrogen-bond donors (Lipinski definition) is 0. The van der Waals surface area contributed by atoms with Crippen LogP contribution in [0.1, 0.15) is 33.1 Å². The molecule has 2 aromatic rings. The van der Waals surface area contributed by atoms with Gasteiger partial charge in [-0.2, -0.15) is 0 Å². The molecule has 2 heterocycles. The van der Waals surface area contributed by atoms with Gasteiger partial charge >= 0.3 is 0 Å². The van der Waals surface area contributed by atoms with Crippen molar-refractivity contribution in [3.05, 3.63) is 36.4 Å². The molecule has 8 nitrogen and oxygen atoms in total. The first-order valence-corrected chi connectivity index (χ1v) is 11.8. The third-order valence-corrected chi connectivity index (χ3v) is 6.64. The van der Waals surface area contributed by atoms with Crippen molar-refractivity contribution in [3.8, 4) is 17.0 Å². The molecule has 0 bridgehead atoms. The van der Waals surface area contributed by atoms with Crippen LogP contribution < -0.4 is 9.64 Å². The second-order valence-corrected chi connectivity index (χ2v) is 9.06. The first-order valence-electron chi connectivity index (χ1n) is 11.8. The Morgan fingerprint density at radius 3 is 2.42 bits per heavy atom. The molecule has 1 aliphatic heterocycles. The largest absolute Gasteiger partial charge is 0.497 e. The van der Waals surface area contributed by atoms with Crippen LogP contribution in [0.5, 0.6) is 5.75 Å². The molecular weight excluding hydrogens is 418 g/mol. The van der Waals surface area contributed by atoms with E-state index in [9.17, 15) is 9.59 Å². The van der Waals surface area contributed by atoms with Gasteiger partial charge in [-0.1, -0.05) is 18.6 Å². The number of carbonyl (C=O) groups is 2. The van der Waals surface area contributed by atoms with Crippen LogP contribution in [0.3, 0.4) is 0 Å². The van der Waals surface area contributed by atoms with Gasteiger partial charge in [0, 0.05) is 43.7 Å². The van der Waals surface area contributed by atoms with Gasteiger partial charge in [-0.25, -0.2) is 0 Å². The van der Waals surface area contributed by atoms with Crippen LogP contribution in [0.2, 0.25) is 0 Å². The van der Waals surface area contributed by atoms with Gasteiger partial charge in [0.15, 0.2) is 5.82 Å². The minimum atomic E-state index is 0.0236. The van der Waals surface area contributed by atoms with E-state index < -0.39 is 0 Å². The van der Waals surface area contributed by atoms with Gasteiger partial charge in [-0.3, -0.25) is 9.59 Å². The predicted octanol–water partition coefficient (Wildman–Crippen LogP) is 2.84. The number of hydrogen-bond acceptors (Lipinski definition) is 6. The Morgan fingerprint density at radius 2 is 1.85 bits per heavy atom. The van der Waals surface area contributed by atoms with Crippen molar-refractivity contribution in [2.45, 2.75) is 39.2 Å². The minimum absolute atomic E-state index is 0.0236. The van der Waals surface area contributed by atoms with Crippen LogP contribution in [-0.2, 0) is 9.59 Å². The molecule has 8 heteroatoms. The second-order valence-electron chi connectivity index (χ2n) is 9.06. The third-order valence-electron chi connectivity index (χ3n) is 6.64. The highest BCUT2D eigenvalue weighted by Gasteiger charge is 2.33. The number of rotatable bonds is 7. The Labute approximate surface area is 195 Å². The smallest absolute Gasteiger partial charge is 0.242 e. The zero-order chi connectivity index (χ0) is 23.4. The fourth-order valence-corrected chi connectivity index (χ4v) is 4.27. The number of aromatic nitrogens is 2. The number of piperazine rings is 1. The van der Waals surface area contributed by atoms with E-state index in [-0.39, 0.29) is 30.3 Å². The predicted molar refractivity (Wildman–Crippen MR) is 127 cm³/mol. The molecule has 0 radical (unpaired) electrons. The standard InChI is InChI=1S/C25H33N5O3/c1-18(2)30(25(32)19-6-4-7-19)17-24(31)29-14-12-28(13-15-29)23-11-10-22(26-27-23)20-8-5-9-21(16-20)33-3/h5,8-11,16,18-19H,4,6-7,12-15,17H2,1-3H3. The second kappa shape index (κ2) is 10.2. The molecule has 33 heavy (non-hydrogen) atoms. The SMILES string of the molecule is COc1cccc(-c2ccc(N3CCN(C(=O)CN(C(=O)C4CCC4)C(C)C)CC3)nn2)c1. The third kappa shape index (κ3) is 5.26. The van der Waals surface area contributed by atoms with Crippen LogP contribution in [0.25, 0.3) is 11.3 Å². The summed E-state index contributed by atoms with van der Waals surface area (Å²) in [4.78, 5) is 31.4. The molecule has 2 aliphatic rings. The molecule has 0 unspecified atom stereocenters. The fraction of sp³-hybridized carbons (Fsp3) is 0.520. The molecule has 0 atom stereocenters. The van der Waals surface area contributed by atoms with Gasteiger partial charge in [0.25, 0.3) is 0 Å². The van der Waals surface area contributed by atoms with Gasteiger partial charge in [0.2, 0.25) is 11.8 Å². The molecule has 176 valence electrons. The molecule has 1 aliphatic carbocycles. The van der Waals surface area contributed by atoms with Crippen molar-refractivity contribution in [2.75, 3.05) is 44.7 Å². The van der Waals surface area contributed by atoms with Gasteiger partial charge in [-0.15, -0.1) is 10.2 Å². The number of benzene rings is 1. The molecule has 1 aromatic carbocycles. The first-order chi connectivity index (χ1) is 16.0. The zero-order valence-corrected chi connectivity index (χ0v) is 19.7. The molecule has 2 fully saturated rings. The minimum Gasteiger partial charge on any atom is -0.497 e. The van der Waals surface area contributed by atoms with E-state index in [4.69, 9.17) is 4.74 Å². The summed E-state index contributed by atoms with van der Waals surface area (Å²) >= 11 is 0. The number of nitrogens with zero attached hydrogens (tertiary/aromatic N) is 5. The molecular formula is C25H33N5O3. The maximum absolute atomic E-state index is 12.9. The van der Waals surface area contributed by atoms with E-state index in [0.29, 0.717) is 26.2 Å². The Kier molecular flexibility index (Phi) is 7.11. The van der Waals surface area contributed by atoms with Gasteiger partial charge < -0.3 is 19.4 Å². The van der Waals surface area contributed by atoms with E-state index in [1.54, 1.807) is 12.0 Å². The van der Waals surface area contributed by atoms with E-state index in [1.807, 2.05) is 55.1 Å². The van der Waals surface area contributed by atoms with Crippen molar-refractivity contribution < 1.29 is 14.3 Å². The number of amides is 2. The van der Waals surface area contributed by atoms with Crippen molar-refractivity contribution in [3.63, 3.8) is 0 Å². The highest BCUT2D eigenvalue weighted by molar-refractivity contribution is 5.86. The maximum atomic E-state index is 12.9. The Bertz CT molecular complexity index is 966. The molecule has 0 N–H and O–H groups in total. The van der Waals surface area contributed by atoms with E-state index in [0.717, 1.165) is 42.1 Å². The molecule has 1 aromatic heterocycles. The lowest BCUT2D eigenvalue weighted by molar-refractivity contribution is -0.146. The Morgan fingerprint density at radius 1 is 1.09 bits per heavy atom. The summed E-state index contributed by atoms with van der Waals surface area (Å²) in [5.41, 5.74) is 1.74. The number of methoxy groups -OCH3 is 1. The summed E-state index contributed by atoms with van der Waals surface area (Å²) < 4.78 is 5.28. The van der Waals surface area contributed by atoms with Crippen molar-refractivity contribution in [1.82, 2.24) is 20.0 Å². The molecule has 4 rings (SSSR count). The Balaban J connectivity index is 1.32. The summed E-state index contributed by atoms with van der Waals surface area (Å²) in [5.74, 6) is 1.85. The summed E-state index contributed by atoms with van der Waals surface area (Å²) in [6.45, 7) is 6.74. The molecule has 1 saturated carbocycles. The average molecular weight is 452 g/mol. The summed E-state index contributed by atoms with van der Waals surface area (Å²) in [5, 5.41) is 8.80. The van der Waals surface area contributed by atoms with Gasteiger partial charge in [0.1, 0.15) is 5.75 Å². The average Bonchev–Trinajstić information content (AvgIpc) is 2.81. The highest BCUT2D eigenvalue weighted by Crippen LogP contribution is 2.29. The van der Waals surface area contributed by atoms with Crippen LogP contribution in [-0.4, -0.2) is 77.7 Å². The normalized spacial score (nSPS) is 16.5. The van der Waals surface area contributed by atoms with Crippen LogP contribution in [0, 0.1) is 5.92 Å². The van der Waals surface area contributed by atoms with Crippen molar-refractivity contribution in [1.29, 1.82) is 0 Å². The Hall–Kier alpha value is -3.16. The lowest BCUT2D eigenvalue weighted by Gasteiger charge is -2.38. The van der Waals surface area contributed by atoms with Gasteiger partial charge in [0.05, 0.1) is 19.3 Å². The maximum Gasteiger partial charge on any atom is 0.242 e. The molecule has 1 saturated heterocycles. The number of ether oxygens (including phenoxy) is 1. The fourth-order valence-electron chi connectivity index (χ4n) is 4.27.